The summed E-state index contributed by atoms with van der Waals surface area (Å²) in [6.45, 7) is 5.67. The van der Waals surface area contributed by atoms with Gasteiger partial charge in [-0.3, -0.25) is 9.63 Å². The number of hydroxylamine groups is 1. The van der Waals surface area contributed by atoms with E-state index in [4.69, 9.17) is 4.84 Å². The first kappa shape index (κ1) is 14.2. The molecule has 17 heavy (non-hydrogen) atoms. The van der Waals surface area contributed by atoms with E-state index in [0.29, 0.717) is 12.8 Å². The standard InChI is InChI=1S/C13H18BrNO2/c1-13(2,3)17-15-12(16)8-7-10-5-4-6-11(14)9-10/h4-6,9H,7-8H2,1-3H3,(H,15,16). The second-order valence-electron chi connectivity index (χ2n) is 4.87. The zero-order valence-corrected chi connectivity index (χ0v) is 12.0. The largest absolute Gasteiger partial charge is 0.273 e. The van der Waals surface area contributed by atoms with Crippen LogP contribution in [0, 0.1) is 0 Å². The molecule has 1 aromatic carbocycles. The number of hydrogen-bond acceptors (Lipinski definition) is 2. The summed E-state index contributed by atoms with van der Waals surface area (Å²) in [4.78, 5) is 16.7. The quantitative estimate of drug-likeness (QED) is 0.867. The normalized spacial score (nSPS) is 11.3. The van der Waals surface area contributed by atoms with Crippen LogP contribution in [0.4, 0.5) is 0 Å². The van der Waals surface area contributed by atoms with Crippen LogP contribution in [0.1, 0.15) is 32.8 Å². The Morgan fingerprint density at radius 1 is 1.41 bits per heavy atom. The minimum Gasteiger partial charge on any atom is -0.273 e. The number of carbonyl (C=O) groups excluding carboxylic acids is 1. The Balaban J connectivity index is 2.33. The molecule has 0 atom stereocenters. The van der Waals surface area contributed by atoms with Crippen LogP contribution in [0.2, 0.25) is 0 Å². The molecule has 94 valence electrons. The van der Waals surface area contributed by atoms with Crippen LogP contribution in [0.25, 0.3) is 0 Å². The predicted octanol–water partition coefficient (Wildman–Crippen LogP) is 3.23. The number of rotatable bonds is 4. The summed E-state index contributed by atoms with van der Waals surface area (Å²) >= 11 is 3.40. The Morgan fingerprint density at radius 3 is 2.71 bits per heavy atom. The lowest BCUT2D eigenvalue weighted by Gasteiger charge is -2.18. The van der Waals surface area contributed by atoms with Crippen molar-refractivity contribution < 1.29 is 9.63 Å². The van der Waals surface area contributed by atoms with E-state index in [1.54, 1.807) is 0 Å². The number of carbonyl (C=O) groups is 1. The first-order valence-corrected chi connectivity index (χ1v) is 6.37. The average molecular weight is 300 g/mol. The number of halogens is 1. The van der Waals surface area contributed by atoms with Crippen LogP contribution >= 0.6 is 15.9 Å². The van der Waals surface area contributed by atoms with Crippen molar-refractivity contribution in [1.82, 2.24) is 5.48 Å². The van der Waals surface area contributed by atoms with Crippen molar-refractivity contribution in [3.63, 3.8) is 0 Å². The highest BCUT2D eigenvalue weighted by molar-refractivity contribution is 9.10. The van der Waals surface area contributed by atoms with Gasteiger partial charge in [0.05, 0.1) is 5.60 Å². The molecule has 1 rings (SSSR count). The Morgan fingerprint density at radius 2 is 2.12 bits per heavy atom. The lowest BCUT2D eigenvalue weighted by molar-refractivity contribution is -0.145. The van der Waals surface area contributed by atoms with Gasteiger partial charge in [-0.05, 0) is 44.9 Å². The molecule has 0 aliphatic carbocycles. The number of hydrogen-bond donors (Lipinski definition) is 1. The molecular weight excluding hydrogens is 282 g/mol. The van der Waals surface area contributed by atoms with Gasteiger partial charge in [0.25, 0.3) is 0 Å². The molecular formula is C13H18BrNO2. The summed E-state index contributed by atoms with van der Waals surface area (Å²) in [5.74, 6) is -0.0973. The second-order valence-corrected chi connectivity index (χ2v) is 5.79. The van der Waals surface area contributed by atoms with E-state index in [1.807, 2.05) is 45.0 Å². The molecule has 0 aliphatic heterocycles. The van der Waals surface area contributed by atoms with E-state index in [0.717, 1.165) is 10.0 Å². The molecule has 1 N–H and O–H groups in total. The smallest absolute Gasteiger partial charge is 0.243 e. The summed E-state index contributed by atoms with van der Waals surface area (Å²) < 4.78 is 1.03. The van der Waals surface area contributed by atoms with Gasteiger partial charge in [0, 0.05) is 10.9 Å². The fourth-order valence-corrected chi connectivity index (χ4v) is 1.66. The summed E-state index contributed by atoms with van der Waals surface area (Å²) in [6, 6.07) is 7.94. The van der Waals surface area contributed by atoms with Gasteiger partial charge in [-0.15, -0.1) is 0 Å². The summed E-state index contributed by atoms with van der Waals surface area (Å²) in [6.07, 6.45) is 1.13. The van der Waals surface area contributed by atoms with Crippen molar-refractivity contribution in [3.8, 4) is 0 Å². The highest BCUT2D eigenvalue weighted by Crippen LogP contribution is 2.13. The molecule has 0 aromatic heterocycles. The van der Waals surface area contributed by atoms with Crippen molar-refractivity contribution in [2.24, 2.45) is 0 Å². The SMILES string of the molecule is CC(C)(C)ONC(=O)CCc1cccc(Br)c1. The number of nitrogens with one attached hydrogen (secondary N) is 1. The highest BCUT2D eigenvalue weighted by Gasteiger charge is 2.12. The van der Waals surface area contributed by atoms with E-state index in [-0.39, 0.29) is 11.5 Å². The molecule has 0 saturated heterocycles. The lowest BCUT2D eigenvalue weighted by Crippen LogP contribution is -2.33. The minimum atomic E-state index is -0.356. The number of benzene rings is 1. The Hall–Kier alpha value is -0.870. The van der Waals surface area contributed by atoms with Crippen molar-refractivity contribution >= 4 is 21.8 Å². The van der Waals surface area contributed by atoms with Crippen molar-refractivity contribution in [2.45, 2.75) is 39.2 Å². The Bertz CT molecular complexity index is 385. The van der Waals surface area contributed by atoms with Gasteiger partial charge in [0.2, 0.25) is 5.91 Å². The maximum Gasteiger partial charge on any atom is 0.243 e. The third kappa shape index (κ3) is 6.44. The van der Waals surface area contributed by atoms with E-state index in [1.165, 1.54) is 0 Å². The van der Waals surface area contributed by atoms with Crippen molar-refractivity contribution in [2.75, 3.05) is 0 Å². The monoisotopic (exact) mass is 299 g/mol. The molecule has 0 fully saturated rings. The average Bonchev–Trinajstić information content (AvgIpc) is 2.23. The van der Waals surface area contributed by atoms with Crippen LogP contribution in [0.5, 0.6) is 0 Å². The second kappa shape index (κ2) is 6.17. The van der Waals surface area contributed by atoms with Gasteiger partial charge in [-0.1, -0.05) is 28.1 Å². The lowest BCUT2D eigenvalue weighted by atomic mass is 10.1. The van der Waals surface area contributed by atoms with Gasteiger partial charge < -0.3 is 0 Å². The molecule has 1 amide bonds. The first-order valence-electron chi connectivity index (χ1n) is 5.58. The minimum absolute atomic E-state index is 0.0973. The van der Waals surface area contributed by atoms with Crippen LogP contribution in [0.3, 0.4) is 0 Å². The van der Waals surface area contributed by atoms with E-state index >= 15 is 0 Å². The molecule has 0 spiro atoms. The maximum absolute atomic E-state index is 11.5. The van der Waals surface area contributed by atoms with E-state index in [2.05, 4.69) is 21.4 Å². The van der Waals surface area contributed by atoms with E-state index in [9.17, 15) is 4.79 Å². The summed E-state index contributed by atoms with van der Waals surface area (Å²) in [5.41, 5.74) is 3.23. The summed E-state index contributed by atoms with van der Waals surface area (Å²) in [7, 11) is 0. The Kier molecular flexibility index (Phi) is 5.15. The molecule has 0 bridgehead atoms. The zero-order valence-electron chi connectivity index (χ0n) is 10.4. The Labute approximate surface area is 111 Å². The molecule has 0 heterocycles. The van der Waals surface area contributed by atoms with Crippen LogP contribution in [-0.2, 0) is 16.1 Å². The van der Waals surface area contributed by atoms with E-state index < -0.39 is 0 Å². The first-order chi connectivity index (χ1) is 7.87. The van der Waals surface area contributed by atoms with Gasteiger partial charge in [-0.25, -0.2) is 5.48 Å². The van der Waals surface area contributed by atoms with Gasteiger partial charge in [0.15, 0.2) is 0 Å². The van der Waals surface area contributed by atoms with Crippen molar-refractivity contribution in [3.05, 3.63) is 34.3 Å². The van der Waals surface area contributed by atoms with Crippen molar-refractivity contribution in [1.29, 1.82) is 0 Å². The molecule has 0 unspecified atom stereocenters. The topological polar surface area (TPSA) is 38.3 Å². The maximum atomic E-state index is 11.5. The molecule has 0 saturated carbocycles. The van der Waals surface area contributed by atoms with Crippen LogP contribution in [-0.4, -0.2) is 11.5 Å². The van der Waals surface area contributed by atoms with Gasteiger partial charge >= 0.3 is 0 Å². The zero-order chi connectivity index (χ0) is 12.9. The number of aryl methyl sites for hydroxylation is 1. The fraction of sp³-hybridized carbons (Fsp3) is 0.462. The van der Waals surface area contributed by atoms with Crippen LogP contribution in [0.15, 0.2) is 28.7 Å². The molecule has 0 aliphatic rings. The highest BCUT2D eigenvalue weighted by atomic mass is 79.9. The van der Waals surface area contributed by atoms with Crippen LogP contribution < -0.4 is 5.48 Å². The van der Waals surface area contributed by atoms with Gasteiger partial charge in [0.1, 0.15) is 0 Å². The molecule has 3 nitrogen and oxygen atoms in total. The molecule has 4 heteroatoms. The molecule has 1 aromatic rings. The third-order valence-electron chi connectivity index (χ3n) is 2.00. The predicted molar refractivity (Wildman–Crippen MR) is 71.4 cm³/mol. The fourth-order valence-electron chi connectivity index (χ4n) is 1.21. The summed E-state index contributed by atoms with van der Waals surface area (Å²) in [5, 5.41) is 0. The third-order valence-corrected chi connectivity index (χ3v) is 2.49. The number of amides is 1. The van der Waals surface area contributed by atoms with Gasteiger partial charge in [-0.2, -0.15) is 0 Å². The molecule has 0 radical (unpaired) electrons.